The molecule has 0 radical (unpaired) electrons. The molecule has 0 aliphatic carbocycles. The fourth-order valence-electron chi connectivity index (χ4n) is 7.39. The van der Waals surface area contributed by atoms with E-state index in [9.17, 15) is 0 Å². The van der Waals surface area contributed by atoms with Crippen LogP contribution in [0.25, 0.3) is 24.3 Å². The smallest absolute Gasteiger partial charge is 0.0913 e. The van der Waals surface area contributed by atoms with Gasteiger partial charge in [-0.15, -0.1) is 0 Å². The van der Waals surface area contributed by atoms with Crippen LogP contribution in [0.15, 0.2) is 183 Å². The summed E-state index contributed by atoms with van der Waals surface area (Å²) in [4.78, 5) is 4.63. The van der Waals surface area contributed by atoms with E-state index in [0.29, 0.717) is 13.2 Å². The topological polar surface area (TPSA) is 24.9 Å². The van der Waals surface area contributed by atoms with Crippen molar-refractivity contribution in [3.05, 3.63) is 239 Å². The van der Waals surface area contributed by atoms with Crippen LogP contribution in [0.2, 0.25) is 0 Å². The van der Waals surface area contributed by atoms with Crippen molar-refractivity contribution in [2.45, 2.75) is 40.5 Å². The summed E-state index contributed by atoms with van der Waals surface area (Å²) in [6.07, 6.45) is 13.4. The number of benzene rings is 7. The van der Waals surface area contributed by atoms with Gasteiger partial charge in [0, 0.05) is 47.0 Å². The molecule has 0 heterocycles. The van der Waals surface area contributed by atoms with E-state index in [0.717, 1.165) is 69.2 Å². The zero-order valence-corrected chi connectivity index (χ0v) is 36.4. The van der Waals surface area contributed by atoms with Gasteiger partial charge >= 0.3 is 0 Å². The molecule has 0 atom stereocenters. The lowest BCUT2D eigenvalue weighted by Crippen LogP contribution is -2.10. The maximum Gasteiger partial charge on any atom is 0.0913 e. The predicted octanol–water partition coefficient (Wildman–Crippen LogP) is 15.6. The molecule has 7 rings (SSSR count). The lowest BCUT2D eigenvalue weighted by atomic mass is 10.1. The second kappa shape index (κ2) is 20.8. The summed E-state index contributed by atoms with van der Waals surface area (Å²) in [7, 11) is 0. The Morgan fingerprint density at radius 3 is 1.06 bits per heavy atom. The van der Waals surface area contributed by atoms with Crippen LogP contribution in [0, 0.1) is 27.7 Å². The number of nitrogens with zero attached hydrogens (tertiary/aromatic N) is 2. The van der Waals surface area contributed by atoms with Gasteiger partial charge < -0.3 is 19.3 Å². The van der Waals surface area contributed by atoms with Crippen molar-refractivity contribution in [3.63, 3.8) is 0 Å². The normalized spacial score (nSPS) is 11.2. The Hall–Kier alpha value is -7.30. The van der Waals surface area contributed by atoms with Crippen molar-refractivity contribution in [1.29, 1.82) is 0 Å². The Balaban J connectivity index is 1.05. The average Bonchev–Trinajstić information content (AvgIpc) is 3.30. The minimum Gasteiger partial charge on any atom is -0.501 e. The molecular weight excluding hydrogens is 757 g/mol. The van der Waals surface area contributed by atoms with Gasteiger partial charge in [0.2, 0.25) is 0 Å². The van der Waals surface area contributed by atoms with Gasteiger partial charge in [0.05, 0.1) is 25.7 Å². The number of hydrogen-bond acceptors (Lipinski definition) is 4. The largest absolute Gasteiger partial charge is 0.501 e. The third-order valence-corrected chi connectivity index (χ3v) is 11.3. The second-order valence-electron chi connectivity index (χ2n) is 15.6. The number of aryl methyl sites for hydroxylation is 4. The lowest BCUT2D eigenvalue weighted by Gasteiger charge is -2.26. The van der Waals surface area contributed by atoms with E-state index in [4.69, 9.17) is 9.47 Å². The maximum absolute atomic E-state index is 5.36. The van der Waals surface area contributed by atoms with E-state index >= 15 is 0 Å². The summed E-state index contributed by atoms with van der Waals surface area (Å²) in [6, 6.07) is 57.0. The predicted molar refractivity (Wildman–Crippen MR) is 265 cm³/mol. The van der Waals surface area contributed by atoms with Crippen molar-refractivity contribution in [2.24, 2.45) is 0 Å². The van der Waals surface area contributed by atoms with Gasteiger partial charge in [-0.3, -0.25) is 0 Å². The number of anilines is 6. The van der Waals surface area contributed by atoms with E-state index < -0.39 is 0 Å². The monoisotopic (exact) mass is 812 g/mol. The van der Waals surface area contributed by atoms with Crippen molar-refractivity contribution in [1.82, 2.24) is 0 Å². The third-order valence-electron chi connectivity index (χ3n) is 11.3. The molecule has 7 aromatic carbocycles. The minimum absolute atomic E-state index is 0.620. The molecule has 0 N–H and O–H groups in total. The van der Waals surface area contributed by atoms with Crippen LogP contribution < -0.4 is 9.80 Å². The quantitative estimate of drug-likeness (QED) is 0.0490. The van der Waals surface area contributed by atoms with Crippen LogP contribution >= 0.6 is 0 Å². The number of hydrogen-bond donors (Lipinski definition) is 0. The van der Waals surface area contributed by atoms with E-state index in [2.05, 4.69) is 233 Å². The van der Waals surface area contributed by atoms with E-state index in [1.807, 2.05) is 0 Å². The van der Waals surface area contributed by atoms with Gasteiger partial charge in [-0.05, 0) is 162 Å². The molecule has 7 aromatic rings. The highest BCUT2D eigenvalue weighted by molar-refractivity contribution is 5.81. The molecule has 310 valence electrons. The highest BCUT2D eigenvalue weighted by Gasteiger charge is 2.15. The Morgan fingerprint density at radius 2 is 0.710 bits per heavy atom. The van der Waals surface area contributed by atoms with Crippen molar-refractivity contribution in [3.8, 4) is 0 Å². The average molecular weight is 813 g/mol. The van der Waals surface area contributed by atoms with E-state index in [1.54, 1.807) is 0 Å². The number of ether oxygens (including phenoxy) is 2. The molecule has 0 fully saturated rings. The Kier molecular flexibility index (Phi) is 14.4. The van der Waals surface area contributed by atoms with E-state index in [1.165, 1.54) is 45.9 Å². The fourth-order valence-corrected chi connectivity index (χ4v) is 7.39. The fraction of sp³-hybridized carbons (Fsp3) is 0.138. The Bertz CT molecular complexity index is 2460. The molecule has 4 nitrogen and oxygen atoms in total. The first-order valence-corrected chi connectivity index (χ1v) is 21.3. The van der Waals surface area contributed by atoms with Gasteiger partial charge in [-0.2, -0.15) is 0 Å². The SMILES string of the molecule is C=COCCc1ccc(N(c2ccc(C=Cc3cccc(C=Cc4ccc(N(c5ccc(CCOC=C)cc5)c5ccc(C)c(C)c5)cc4)c3)cc2)c2ccc(C)c(C)c2)cc1. The zero-order chi connectivity index (χ0) is 43.3. The van der Waals surface area contributed by atoms with Crippen LogP contribution in [-0.4, -0.2) is 13.2 Å². The van der Waals surface area contributed by atoms with Crippen molar-refractivity contribution >= 4 is 58.4 Å². The minimum atomic E-state index is 0.620. The highest BCUT2D eigenvalue weighted by atomic mass is 16.5. The summed E-state index contributed by atoms with van der Waals surface area (Å²) in [6.45, 7) is 17.2. The first kappa shape index (κ1) is 42.8. The molecular formula is C58H56N2O2. The highest BCUT2D eigenvalue weighted by Crippen LogP contribution is 2.37. The molecule has 0 unspecified atom stereocenters. The van der Waals surface area contributed by atoms with Crippen LogP contribution in [0.5, 0.6) is 0 Å². The molecule has 62 heavy (non-hydrogen) atoms. The molecule has 4 heteroatoms. The molecule has 0 amide bonds. The Labute approximate surface area is 369 Å². The molecule has 0 aliphatic heterocycles. The first-order valence-electron chi connectivity index (χ1n) is 21.3. The van der Waals surface area contributed by atoms with Gasteiger partial charge in [0.25, 0.3) is 0 Å². The molecule has 0 aliphatic rings. The van der Waals surface area contributed by atoms with Gasteiger partial charge in [-0.1, -0.05) is 116 Å². The molecule has 0 spiro atoms. The van der Waals surface area contributed by atoms with Crippen LogP contribution in [0.1, 0.15) is 55.6 Å². The number of rotatable bonds is 18. The van der Waals surface area contributed by atoms with Crippen LogP contribution in [0.4, 0.5) is 34.1 Å². The molecule has 0 saturated carbocycles. The van der Waals surface area contributed by atoms with Gasteiger partial charge in [0.1, 0.15) is 0 Å². The lowest BCUT2D eigenvalue weighted by molar-refractivity contribution is 0.255. The first-order chi connectivity index (χ1) is 30.3. The van der Waals surface area contributed by atoms with Gasteiger partial charge in [0.15, 0.2) is 0 Å². The van der Waals surface area contributed by atoms with Crippen LogP contribution in [-0.2, 0) is 22.3 Å². The maximum atomic E-state index is 5.36. The van der Waals surface area contributed by atoms with Crippen molar-refractivity contribution < 1.29 is 9.47 Å². The molecule has 0 bridgehead atoms. The standard InChI is InChI=1S/C58H56N2O2/c1-7-61-38-36-49-22-32-55(33-23-49)59(57-26-12-43(3)45(5)40-57)53-28-18-47(19-29-53)14-16-51-10-9-11-52(42-51)17-15-48-20-30-54(31-21-48)60(58-27-13-44(4)46(6)41-58)56-34-24-50(25-35-56)37-39-62-8-2/h7-35,40-42H,1-2,36-39H2,3-6H3. The molecule has 0 saturated heterocycles. The van der Waals surface area contributed by atoms with E-state index in [-0.39, 0.29) is 0 Å². The summed E-state index contributed by atoms with van der Waals surface area (Å²) in [5, 5.41) is 0. The second-order valence-corrected chi connectivity index (χ2v) is 15.6. The molecule has 0 aromatic heterocycles. The summed E-state index contributed by atoms with van der Waals surface area (Å²) >= 11 is 0. The Morgan fingerprint density at radius 1 is 0.371 bits per heavy atom. The van der Waals surface area contributed by atoms with Crippen LogP contribution in [0.3, 0.4) is 0 Å². The summed E-state index contributed by atoms with van der Waals surface area (Å²) in [5.41, 5.74) is 18.8. The zero-order valence-electron chi connectivity index (χ0n) is 36.4. The summed E-state index contributed by atoms with van der Waals surface area (Å²) < 4.78 is 10.7. The van der Waals surface area contributed by atoms with Gasteiger partial charge in [-0.25, -0.2) is 0 Å². The van der Waals surface area contributed by atoms with Crippen molar-refractivity contribution in [2.75, 3.05) is 23.0 Å². The third kappa shape index (κ3) is 11.1. The summed E-state index contributed by atoms with van der Waals surface area (Å²) in [5.74, 6) is 0.